The number of aromatic nitrogens is 3. The molecular formula is C18H21N5S. The molecule has 0 amide bonds. The van der Waals surface area contributed by atoms with Crippen molar-refractivity contribution in [2.75, 3.05) is 43.4 Å². The number of anilines is 1. The lowest BCUT2D eigenvalue weighted by atomic mass is 10.2. The van der Waals surface area contributed by atoms with Crippen LogP contribution < -0.4 is 4.90 Å². The van der Waals surface area contributed by atoms with E-state index >= 15 is 0 Å². The van der Waals surface area contributed by atoms with Gasteiger partial charge in [-0.25, -0.2) is 0 Å². The fourth-order valence-corrected chi connectivity index (χ4v) is 3.98. The number of hydrogen-bond acceptors (Lipinski definition) is 5. The predicted molar refractivity (Wildman–Crippen MR) is 98.8 cm³/mol. The molecule has 124 valence electrons. The summed E-state index contributed by atoms with van der Waals surface area (Å²) in [5.41, 5.74) is 2.25. The van der Waals surface area contributed by atoms with Crippen LogP contribution in [0.2, 0.25) is 0 Å². The van der Waals surface area contributed by atoms with Crippen LogP contribution in [0.3, 0.4) is 0 Å². The second kappa shape index (κ2) is 7.23. The zero-order valence-electron chi connectivity index (χ0n) is 13.6. The Hall–Kier alpha value is -2.05. The third kappa shape index (κ3) is 3.39. The van der Waals surface area contributed by atoms with Gasteiger partial charge in [0, 0.05) is 50.4 Å². The Morgan fingerprint density at radius 2 is 1.67 bits per heavy atom. The zero-order chi connectivity index (χ0) is 16.2. The molecule has 0 unspecified atom stereocenters. The summed E-state index contributed by atoms with van der Waals surface area (Å²) < 4.78 is 2.05. The van der Waals surface area contributed by atoms with Gasteiger partial charge in [-0.1, -0.05) is 36.0 Å². The van der Waals surface area contributed by atoms with E-state index in [1.54, 1.807) is 11.8 Å². The van der Waals surface area contributed by atoms with Crippen molar-refractivity contribution in [2.45, 2.75) is 5.16 Å². The molecular weight excluding hydrogens is 318 g/mol. The highest BCUT2D eigenvalue weighted by Gasteiger charge is 2.17. The van der Waals surface area contributed by atoms with E-state index < -0.39 is 0 Å². The lowest BCUT2D eigenvalue weighted by molar-refractivity contribution is 0.273. The van der Waals surface area contributed by atoms with Gasteiger partial charge in [0.1, 0.15) is 0 Å². The number of rotatable bonds is 5. The highest BCUT2D eigenvalue weighted by Crippen LogP contribution is 2.18. The molecule has 3 heterocycles. The molecule has 0 bridgehead atoms. The minimum Gasteiger partial charge on any atom is -0.369 e. The van der Waals surface area contributed by atoms with E-state index in [9.17, 15) is 0 Å². The minimum absolute atomic E-state index is 0.913. The van der Waals surface area contributed by atoms with E-state index in [4.69, 9.17) is 0 Å². The van der Waals surface area contributed by atoms with Crippen molar-refractivity contribution in [3.63, 3.8) is 0 Å². The maximum Gasteiger partial charge on any atom is 0.195 e. The van der Waals surface area contributed by atoms with E-state index in [-0.39, 0.29) is 0 Å². The molecule has 0 N–H and O–H groups in total. The molecule has 1 aromatic carbocycles. The van der Waals surface area contributed by atoms with Gasteiger partial charge in [0.25, 0.3) is 0 Å². The van der Waals surface area contributed by atoms with Gasteiger partial charge in [-0.3, -0.25) is 9.30 Å². The zero-order valence-corrected chi connectivity index (χ0v) is 14.4. The number of fused-ring (bicyclic) bond motifs is 1. The summed E-state index contributed by atoms with van der Waals surface area (Å²) in [5, 5.41) is 9.46. The van der Waals surface area contributed by atoms with E-state index in [1.165, 1.54) is 5.69 Å². The SMILES string of the molecule is c1ccc(N2CCN(CCSc3nnc4ccccn34)CC2)cc1. The summed E-state index contributed by atoms with van der Waals surface area (Å²) in [4.78, 5) is 5.01. The molecule has 3 aromatic rings. The van der Waals surface area contributed by atoms with E-state index in [0.717, 1.165) is 49.3 Å². The van der Waals surface area contributed by atoms with Crippen LogP contribution in [0.5, 0.6) is 0 Å². The number of benzene rings is 1. The predicted octanol–water partition coefficient (Wildman–Crippen LogP) is 2.64. The van der Waals surface area contributed by atoms with Crippen molar-refractivity contribution in [1.29, 1.82) is 0 Å². The van der Waals surface area contributed by atoms with Gasteiger partial charge in [-0.05, 0) is 24.3 Å². The molecule has 0 atom stereocenters. The quantitative estimate of drug-likeness (QED) is 0.668. The Balaban J connectivity index is 1.26. The summed E-state index contributed by atoms with van der Waals surface area (Å²) >= 11 is 1.78. The lowest BCUT2D eigenvalue weighted by Crippen LogP contribution is -2.47. The van der Waals surface area contributed by atoms with Gasteiger partial charge < -0.3 is 4.90 Å². The first-order valence-corrected chi connectivity index (χ1v) is 9.34. The average molecular weight is 339 g/mol. The van der Waals surface area contributed by atoms with Crippen molar-refractivity contribution < 1.29 is 0 Å². The molecule has 0 spiro atoms. The van der Waals surface area contributed by atoms with Crippen LogP contribution >= 0.6 is 11.8 Å². The Morgan fingerprint density at radius 3 is 2.50 bits per heavy atom. The summed E-state index contributed by atoms with van der Waals surface area (Å²) in [5.74, 6) is 1.04. The molecule has 1 aliphatic heterocycles. The van der Waals surface area contributed by atoms with Gasteiger partial charge in [-0.15, -0.1) is 10.2 Å². The van der Waals surface area contributed by atoms with Crippen molar-refractivity contribution in [2.24, 2.45) is 0 Å². The fourth-order valence-electron chi connectivity index (χ4n) is 3.05. The number of para-hydroxylation sites is 1. The van der Waals surface area contributed by atoms with Gasteiger partial charge in [0.05, 0.1) is 0 Å². The van der Waals surface area contributed by atoms with Crippen LogP contribution in [0.15, 0.2) is 59.9 Å². The number of thioether (sulfide) groups is 1. The van der Waals surface area contributed by atoms with E-state index in [0.29, 0.717) is 0 Å². The topological polar surface area (TPSA) is 36.7 Å². The number of piperazine rings is 1. The van der Waals surface area contributed by atoms with Crippen LogP contribution in [0.25, 0.3) is 5.65 Å². The average Bonchev–Trinajstić information content (AvgIpc) is 3.06. The molecule has 0 saturated carbocycles. The van der Waals surface area contributed by atoms with E-state index in [1.807, 2.05) is 24.4 Å². The third-order valence-electron chi connectivity index (χ3n) is 4.41. The van der Waals surface area contributed by atoms with Crippen LogP contribution in [-0.4, -0.2) is 58.0 Å². The Morgan fingerprint density at radius 1 is 0.875 bits per heavy atom. The minimum atomic E-state index is 0.913. The first kappa shape index (κ1) is 15.5. The van der Waals surface area contributed by atoms with Crippen molar-refractivity contribution in [3.8, 4) is 0 Å². The highest BCUT2D eigenvalue weighted by molar-refractivity contribution is 7.99. The standard InChI is InChI=1S/C18H21N5S/c1-2-6-16(7-3-1)22-12-10-21(11-13-22)14-15-24-18-20-19-17-8-4-5-9-23(17)18/h1-9H,10-15H2. The Kier molecular flexibility index (Phi) is 4.66. The molecule has 4 rings (SSSR count). The molecule has 1 fully saturated rings. The van der Waals surface area contributed by atoms with Gasteiger partial charge in [0.15, 0.2) is 10.8 Å². The molecule has 6 heteroatoms. The van der Waals surface area contributed by atoms with Crippen LogP contribution in [-0.2, 0) is 0 Å². The number of pyridine rings is 1. The maximum atomic E-state index is 4.28. The van der Waals surface area contributed by atoms with Crippen LogP contribution in [0, 0.1) is 0 Å². The Bertz CT molecular complexity index is 780. The summed E-state index contributed by atoms with van der Waals surface area (Å²) in [7, 11) is 0. The molecule has 2 aromatic heterocycles. The number of nitrogens with zero attached hydrogens (tertiary/aromatic N) is 5. The molecule has 1 aliphatic rings. The monoisotopic (exact) mass is 339 g/mol. The van der Waals surface area contributed by atoms with Crippen LogP contribution in [0.1, 0.15) is 0 Å². The Labute approximate surface area is 146 Å². The molecule has 0 aliphatic carbocycles. The van der Waals surface area contributed by atoms with Crippen molar-refractivity contribution in [1.82, 2.24) is 19.5 Å². The largest absolute Gasteiger partial charge is 0.369 e. The van der Waals surface area contributed by atoms with Crippen LogP contribution in [0.4, 0.5) is 5.69 Å². The second-order valence-corrected chi connectivity index (χ2v) is 6.99. The molecule has 0 radical (unpaired) electrons. The van der Waals surface area contributed by atoms with Crippen molar-refractivity contribution in [3.05, 3.63) is 54.7 Å². The van der Waals surface area contributed by atoms with Gasteiger partial charge >= 0.3 is 0 Å². The first-order chi connectivity index (χ1) is 11.9. The van der Waals surface area contributed by atoms with E-state index in [2.05, 4.69) is 54.7 Å². The van der Waals surface area contributed by atoms with Gasteiger partial charge in [0.2, 0.25) is 0 Å². The van der Waals surface area contributed by atoms with Crippen molar-refractivity contribution >= 4 is 23.1 Å². The second-order valence-electron chi connectivity index (χ2n) is 5.92. The lowest BCUT2D eigenvalue weighted by Gasteiger charge is -2.36. The highest BCUT2D eigenvalue weighted by atomic mass is 32.2. The summed E-state index contributed by atoms with van der Waals surface area (Å²) in [6.07, 6.45) is 2.02. The smallest absolute Gasteiger partial charge is 0.195 e. The molecule has 5 nitrogen and oxygen atoms in total. The summed E-state index contributed by atoms with van der Waals surface area (Å²) in [6.45, 7) is 5.53. The molecule has 24 heavy (non-hydrogen) atoms. The maximum absolute atomic E-state index is 4.28. The van der Waals surface area contributed by atoms with Gasteiger partial charge in [-0.2, -0.15) is 0 Å². The fraction of sp³-hybridized carbons (Fsp3) is 0.333. The summed E-state index contributed by atoms with van der Waals surface area (Å²) in [6, 6.07) is 16.7. The molecule has 1 saturated heterocycles. The first-order valence-electron chi connectivity index (χ1n) is 8.35. The number of hydrogen-bond donors (Lipinski definition) is 0. The normalized spacial score (nSPS) is 15.9. The third-order valence-corrected chi connectivity index (χ3v) is 5.34.